The maximum absolute atomic E-state index is 5.86. The van der Waals surface area contributed by atoms with Crippen molar-refractivity contribution in [2.75, 3.05) is 13.7 Å². The molecule has 0 saturated carbocycles. The number of hydrogen-bond donors (Lipinski definition) is 2. The van der Waals surface area contributed by atoms with E-state index in [0.29, 0.717) is 25.7 Å². The monoisotopic (exact) mass is 472 g/mol. The van der Waals surface area contributed by atoms with E-state index in [0.717, 1.165) is 29.2 Å². The molecule has 3 rings (SSSR count). The number of nitrogens with one attached hydrogen (secondary N) is 2. The molecule has 0 saturated heterocycles. The molecule has 0 fully saturated rings. The van der Waals surface area contributed by atoms with Gasteiger partial charge in [-0.15, -0.1) is 24.0 Å². The molecule has 1 aliphatic rings. The SMILES string of the molecule is CCOc1cc2c(cc1CNC(=NC)NCc1ccon1)OC(C)C2.I. The van der Waals surface area contributed by atoms with Gasteiger partial charge in [-0.2, -0.15) is 0 Å². The van der Waals surface area contributed by atoms with Crippen LogP contribution in [0.25, 0.3) is 0 Å². The zero-order chi connectivity index (χ0) is 17.6. The van der Waals surface area contributed by atoms with Crippen LogP contribution in [0.5, 0.6) is 11.5 Å². The molecule has 1 aliphatic heterocycles. The molecule has 1 aromatic heterocycles. The molecular weight excluding hydrogens is 447 g/mol. The molecule has 0 bridgehead atoms. The number of hydrogen-bond acceptors (Lipinski definition) is 5. The van der Waals surface area contributed by atoms with Gasteiger partial charge in [0, 0.05) is 37.2 Å². The molecule has 7 nitrogen and oxygen atoms in total. The molecule has 0 amide bonds. The number of benzene rings is 1. The summed E-state index contributed by atoms with van der Waals surface area (Å²) in [6.07, 6.45) is 2.68. The molecule has 2 N–H and O–H groups in total. The number of fused-ring (bicyclic) bond motifs is 1. The fourth-order valence-electron chi connectivity index (χ4n) is 2.81. The molecule has 0 aliphatic carbocycles. The lowest BCUT2D eigenvalue weighted by Crippen LogP contribution is -2.36. The van der Waals surface area contributed by atoms with Crippen molar-refractivity contribution < 1.29 is 14.0 Å². The number of aliphatic imine (C=N–C) groups is 1. The van der Waals surface area contributed by atoms with Gasteiger partial charge in [-0.3, -0.25) is 4.99 Å². The van der Waals surface area contributed by atoms with Gasteiger partial charge in [-0.1, -0.05) is 5.16 Å². The first-order valence-corrected chi connectivity index (χ1v) is 8.48. The molecule has 0 spiro atoms. The van der Waals surface area contributed by atoms with E-state index in [9.17, 15) is 0 Å². The van der Waals surface area contributed by atoms with Crippen LogP contribution in [0.2, 0.25) is 0 Å². The average Bonchev–Trinajstić information content (AvgIpc) is 3.23. The highest BCUT2D eigenvalue weighted by Gasteiger charge is 2.21. The second-order valence-electron chi connectivity index (χ2n) is 5.90. The highest BCUT2D eigenvalue weighted by Crippen LogP contribution is 2.35. The Balaban J connectivity index is 0.00000243. The lowest BCUT2D eigenvalue weighted by atomic mass is 10.1. The van der Waals surface area contributed by atoms with Crippen molar-refractivity contribution >= 4 is 29.9 Å². The van der Waals surface area contributed by atoms with Crippen molar-refractivity contribution in [3.05, 3.63) is 41.3 Å². The Bertz CT molecular complexity index is 734. The van der Waals surface area contributed by atoms with E-state index in [-0.39, 0.29) is 30.1 Å². The van der Waals surface area contributed by atoms with Gasteiger partial charge >= 0.3 is 0 Å². The Hall–Kier alpha value is -1.97. The average molecular weight is 472 g/mol. The number of aromatic nitrogens is 1. The number of halogens is 1. The second kappa shape index (κ2) is 9.65. The third-order valence-corrected chi connectivity index (χ3v) is 3.98. The zero-order valence-corrected chi connectivity index (χ0v) is 17.6. The molecule has 0 radical (unpaired) electrons. The molecule has 142 valence electrons. The van der Waals surface area contributed by atoms with Gasteiger partial charge in [0.1, 0.15) is 29.6 Å². The Morgan fingerprint density at radius 1 is 1.35 bits per heavy atom. The minimum absolute atomic E-state index is 0. The number of rotatable bonds is 6. The van der Waals surface area contributed by atoms with E-state index >= 15 is 0 Å². The fourth-order valence-corrected chi connectivity index (χ4v) is 2.81. The standard InChI is InChI=1S/C18H24N4O3.HI/c1-4-23-16-8-13-7-12(2)25-17(13)9-14(16)10-20-18(19-3)21-11-15-5-6-24-22-15;/h5-6,8-9,12H,4,7,10-11H2,1-3H3,(H2,19,20,21);1H. The van der Waals surface area contributed by atoms with Crippen LogP contribution in [0.15, 0.2) is 34.0 Å². The molecule has 2 heterocycles. The van der Waals surface area contributed by atoms with Gasteiger partial charge < -0.3 is 24.6 Å². The van der Waals surface area contributed by atoms with Crippen molar-refractivity contribution in [1.82, 2.24) is 15.8 Å². The minimum atomic E-state index is 0. The normalized spacial score (nSPS) is 15.7. The largest absolute Gasteiger partial charge is 0.494 e. The van der Waals surface area contributed by atoms with Crippen molar-refractivity contribution in [3.8, 4) is 11.5 Å². The zero-order valence-electron chi connectivity index (χ0n) is 15.2. The Morgan fingerprint density at radius 2 is 2.15 bits per heavy atom. The van der Waals surface area contributed by atoms with E-state index in [1.165, 1.54) is 5.56 Å². The summed E-state index contributed by atoms with van der Waals surface area (Å²) >= 11 is 0. The van der Waals surface area contributed by atoms with Crippen molar-refractivity contribution in [2.45, 2.75) is 39.5 Å². The summed E-state index contributed by atoms with van der Waals surface area (Å²) in [6.45, 7) is 5.81. The van der Waals surface area contributed by atoms with Gasteiger partial charge in [0.25, 0.3) is 0 Å². The summed E-state index contributed by atoms with van der Waals surface area (Å²) in [4.78, 5) is 4.23. The van der Waals surface area contributed by atoms with E-state index < -0.39 is 0 Å². The smallest absolute Gasteiger partial charge is 0.191 e. The van der Waals surface area contributed by atoms with Crippen LogP contribution >= 0.6 is 24.0 Å². The molecular formula is C18H25IN4O3. The molecule has 1 aromatic carbocycles. The molecule has 1 unspecified atom stereocenters. The predicted octanol–water partition coefficient (Wildman–Crippen LogP) is 2.88. The third kappa shape index (κ3) is 5.03. The van der Waals surface area contributed by atoms with Gasteiger partial charge in [0.15, 0.2) is 5.96 Å². The summed E-state index contributed by atoms with van der Waals surface area (Å²) in [5.74, 6) is 2.51. The van der Waals surface area contributed by atoms with Crippen LogP contribution < -0.4 is 20.1 Å². The molecule has 8 heteroatoms. The topological polar surface area (TPSA) is 80.9 Å². The summed E-state index contributed by atoms with van der Waals surface area (Å²) in [7, 11) is 1.73. The highest BCUT2D eigenvalue weighted by molar-refractivity contribution is 14.0. The maximum Gasteiger partial charge on any atom is 0.191 e. The number of nitrogens with zero attached hydrogens (tertiary/aromatic N) is 2. The van der Waals surface area contributed by atoms with Crippen LogP contribution in [0.4, 0.5) is 0 Å². The Labute approximate surface area is 170 Å². The molecule has 1 atom stereocenters. The number of guanidine groups is 1. The van der Waals surface area contributed by atoms with Crippen LogP contribution in [-0.4, -0.2) is 30.9 Å². The number of ether oxygens (including phenoxy) is 2. The molecule has 2 aromatic rings. The summed E-state index contributed by atoms with van der Waals surface area (Å²) in [5.41, 5.74) is 3.06. The van der Waals surface area contributed by atoms with Crippen LogP contribution in [-0.2, 0) is 19.5 Å². The molecule has 26 heavy (non-hydrogen) atoms. The Morgan fingerprint density at radius 3 is 2.85 bits per heavy atom. The third-order valence-electron chi connectivity index (χ3n) is 3.98. The first-order chi connectivity index (χ1) is 12.2. The lowest BCUT2D eigenvalue weighted by Gasteiger charge is -2.15. The fraction of sp³-hybridized carbons (Fsp3) is 0.444. The van der Waals surface area contributed by atoms with Crippen molar-refractivity contribution in [3.63, 3.8) is 0 Å². The van der Waals surface area contributed by atoms with Crippen molar-refractivity contribution in [2.24, 2.45) is 4.99 Å². The first-order valence-electron chi connectivity index (χ1n) is 8.48. The maximum atomic E-state index is 5.86. The van der Waals surface area contributed by atoms with Gasteiger partial charge in [-0.25, -0.2) is 0 Å². The quantitative estimate of drug-likeness (QED) is 0.383. The second-order valence-corrected chi connectivity index (χ2v) is 5.90. The van der Waals surface area contributed by atoms with Crippen LogP contribution in [0.1, 0.15) is 30.7 Å². The van der Waals surface area contributed by atoms with Crippen LogP contribution in [0.3, 0.4) is 0 Å². The van der Waals surface area contributed by atoms with E-state index in [1.54, 1.807) is 13.3 Å². The summed E-state index contributed by atoms with van der Waals surface area (Å²) < 4.78 is 16.5. The van der Waals surface area contributed by atoms with Crippen LogP contribution in [0, 0.1) is 0 Å². The lowest BCUT2D eigenvalue weighted by molar-refractivity contribution is 0.254. The van der Waals surface area contributed by atoms with E-state index in [2.05, 4.69) is 39.8 Å². The van der Waals surface area contributed by atoms with Gasteiger partial charge in [0.2, 0.25) is 0 Å². The summed E-state index contributed by atoms with van der Waals surface area (Å²) in [5, 5.41) is 10.4. The van der Waals surface area contributed by atoms with Crippen molar-refractivity contribution in [1.29, 1.82) is 0 Å². The van der Waals surface area contributed by atoms with Gasteiger partial charge in [0.05, 0.1) is 13.2 Å². The minimum Gasteiger partial charge on any atom is -0.494 e. The van der Waals surface area contributed by atoms with E-state index in [1.807, 2.05) is 13.0 Å². The van der Waals surface area contributed by atoms with E-state index in [4.69, 9.17) is 14.0 Å². The first kappa shape index (κ1) is 20.3. The highest BCUT2D eigenvalue weighted by atomic mass is 127. The van der Waals surface area contributed by atoms with Gasteiger partial charge in [-0.05, 0) is 26.0 Å². The Kier molecular flexibility index (Phi) is 7.55. The predicted molar refractivity (Wildman–Crippen MR) is 110 cm³/mol. The summed E-state index contributed by atoms with van der Waals surface area (Å²) in [6, 6.07) is 5.96.